The largest absolute Gasteiger partial charge is 0.316 e. The number of nitrogens with one attached hydrogen (secondary N) is 1. The summed E-state index contributed by atoms with van der Waals surface area (Å²) in [5, 5.41) is 3.45. The van der Waals surface area contributed by atoms with Crippen LogP contribution in [0.5, 0.6) is 0 Å². The molecule has 0 aliphatic rings. The van der Waals surface area contributed by atoms with Crippen LogP contribution in [-0.4, -0.2) is 37.1 Å². The molecule has 2 unspecified atom stereocenters. The third-order valence-corrected chi connectivity index (χ3v) is 3.72. The Labute approximate surface area is 103 Å². The molecule has 98 valence electrons. The van der Waals surface area contributed by atoms with Crippen molar-refractivity contribution >= 4 is 0 Å². The molecule has 0 radical (unpaired) electrons. The zero-order chi connectivity index (χ0) is 12.8. The number of hydrogen-bond donors (Lipinski definition) is 1. The maximum atomic E-state index is 3.45. The molecule has 2 nitrogen and oxygen atoms in total. The molecule has 0 rings (SSSR count). The zero-order valence-electron chi connectivity index (χ0n) is 12.4. The summed E-state index contributed by atoms with van der Waals surface area (Å²) in [4.78, 5) is 2.58. The van der Waals surface area contributed by atoms with Gasteiger partial charge in [-0.15, -0.1) is 0 Å². The summed E-state index contributed by atoms with van der Waals surface area (Å²) in [6, 6.07) is 1.31. The predicted octanol–water partition coefficient (Wildman–Crippen LogP) is 3.13. The van der Waals surface area contributed by atoms with Gasteiger partial charge in [0.25, 0.3) is 0 Å². The Morgan fingerprint density at radius 3 is 2.06 bits per heavy atom. The van der Waals surface area contributed by atoms with Crippen LogP contribution in [0.1, 0.15) is 54.4 Å². The fraction of sp³-hybridized carbons (Fsp3) is 1.00. The van der Waals surface area contributed by atoms with Gasteiger partial charge in [0.2, 0.25) is 0 Å². The second-order valence-corrected chi connectivity index (χ2v) is 5.88. The van der Waals surface area contributed by atoms with Crippen molar-refractivity contribution in [1.29, 1.82) is 0 Å². The summed E-state index contributed by atoms with van der Waals surface area (Å²) >= 11 is 0. The molecule has 2 atom stereocenters. The molecule has 0 aromatic heterocycles. The Balaban J connectivity index is 4.18. The van der Waals surface area contributed by atoms with Gasteiger partial charge in [-0.2, -0.15) is 0 Å². The first-order valence-electron chi connectivity index (χ1n) is 6.78. The molecule has 0 saturated heterocycles. The molecule has 2 heteroatoms. The van der Waals surface area contributed by atoms with E-state index in [9.17, 15) is 0 Å². The molecule has 0 bridgehead atoms. The Hall–Kier alpha value is -0.0800. The maximum absolute atomic E-state index is 3.45. The fourth-order valence-corrected chi connectivity index (χ4v) is 2.25. The van der Waals surface area contributed by atoms with Crippen molar-refractivity contribution in [3.8, 4) is 0 Å². The van der Waals surface area contributed by atoms with Gasteiger partial charge in [-0.25, -0.2) is 0 Å². The Kier molecular flexibility index (Phi) is 7.25. The van der Waals surface area contributed by atoms with Crippen LogP contribution in [-0.2, 0) is 0 Å². The summed E-state index contributed by atoms with van der Waals surface area (Å²) in [5.41, 5.74) is 0.351. The molecule has 0 aromatic carbocycles. The average molecular weight is 228 g/mol. The van der Waals surface area contributed by atoms with E-state index in [4.69, 9.17) is 0 Å². The first-order valence-corrected chi connectivity index (χ1v) is 6.78. The van der Waals surface area contributed by atoms with Crippen LogP contribution >= 0.6 is 0 Å². The van der Waals surface area contributed by atoms with E-state index < -0.39 is 0 Å². The summed E-state index contributed by atoms with van der Waals surface area (Å²) in [6.45, 7) is 16.2. The van der Waals surface area contributed by atoms with Gasteiger partial charge in [0.15, 0.2) is 0 Å². The highest BCUT2D eigenvalue weighted by molar-refractivity contribution is 4.80. The molecular formula is C14H32N2. The van der Waals surface area contributed by atoms with Crippen molar-refractivity contribution in [2.75, 3.05) is 20.1 Å². The summed E-state index contributed by atoms with van der Waals surface area (Å²) < 4.78 is 0. The number of hydrogen-bond acceptors (Lipinski definition) is 2. The van der Waals surface area contributed by atoms with Gasteiger partial charge in [0.05, 0.1) is 0 Å². The van der Waals surface area contributed by atoms with Crippen molar-refractivity contribution < 1.29 is 0 Å². The first-order chi connectivity index (χ1) is 7.36. The maximum Gasteiger partial charge on any atom is 0.0125 e. The highest BCUT2D eigenvalue weighted by Crippen LogP contribution is 2.22. The van der Waals surface area contributed by atoms with Gasteiger partial charge >= 0.3 is 0 Å². The van der Waals surface area contributed by atoms with E-state index in [2.05, 4.69) is 58.8 Å². The van der Waals surface area contributed by atoms with Gasteiger partial charge in [0.1, 0.15) is 0 Å². The minimum Gasteiger partial charge on any atom is -0.316 e. The van der Waals surface area contributed by atoms with Crippen molar-refractivity contribution in [3.63, 3.8) is 0 Å². The van der Waals surface area contributed by atoms with E-state index in [1.165, 1.54) is 19.4 Å². The molecular weight excluding hydrogens is 196 g/mol. The highest BCUT2D eigenvalue weighted by Gasteiger charge is 2.23. The Bertz CT molecular complexity index is 172. The molecule has 16 heavy (non-hydrogen) atoms. The van der Waals surface area contributed by atoms with Crippen molar-refractivity contribution in [2.24, 2.45) is 5.41 Å². The van der Waals surface area contributed by atoms with Crippen LogP contribution < -0.4 is 5.32 Å². The molecule has 0 aromatic rings. The Morgan fingerprint density at radius 2 is 1.75 bits per heavy atom. The van der Waals surface area contributed by atoms with Crippen LogP contribution in [0.25, 0.3) is 0 Å². The lowest BCUT2D eigenvalue weighted by molar-refractivity contribution is 0.178. The quantitative estimate of drug-likeness (QED) is 0.720. The van der Waals surface area contributed by atoms with E-state index in [0.717, 1.165) is 6.54 Å². The van der Waals surface area contributed by atoms with E-state index in [1.54, 1.807) is 0 Å². The normalized spacial score (nSPS) is 16.5. The number of rotatable bonds is 7. The minimum absolute atomic E-state index is 0.351. The standard InChI is InChI=1S/C14H32N2/c1-8-12(3)16(9-2)11-10-13(15-7)14(4,5)6/h12-13,15H,8-11H2,1-7H3. The summed E-state index contributed by atoms with van der Waals surface area (Å²) in [6.07, 6.45) is 2.48. The smallest absolute Gasteiger partial charge is 0.0125 e. The zero-order valence-corrected chi connectivity index (χ0v) is 12.4. The molecule has 0 aliphatic carbocycles. The second-order valence-electron chi connectivity index (χ2n) is 5.88. The van der Waals surface area contributed by atoms with Gasteiger partial charge < -0.3 is 10.2 Å². The van der Waals surface area contributed by atoms with Crippen molar-refractivity contribution in [2.45, 2.75) is 66.5 Å². The van der Waals surface area contributed by atoms with E-state index in [1.807, 2.05) is 0 Å². The third kappa shape index (κ3) is 5.31. The molecule has 0 heterocycles. The Morgan fingerprint density at radius 1 is 1.19 bits per heavy atom. The van der Waals surface area contributed by atoms with Crippen LogP contribution in [0.2, 0.25) is 0 Å². The van der Waals surface area contributed by atoms with Gasteiger partial charge in [-0.05, 0) is 45.3 Å². The number of nitrogens with zero attached hydrogens (tertiary/aromatic N) is 1. The van der Waals surface area contributed by atoms with Crippen molar-refractivity contribution in [1.82, 2.24) is 10.2 Å². The topological polar surface area (TPSA) is 15.3 Å². The summed E-state index contributed by atoms with van der Waals surface area (Å²) in [5.74, 6) is 0. The highest BCUT2D eigenvalue weighted by atomic mass is 15.1. The van der Waals surface area contributed by atoms with E-state index in [-0.39, 0.29) is 0 Å². The lowest BCUT2D eigenvalue weighted by atomic mass is 9.84. The molecule has 0 amide bonds. The lowest BCUT2D eigenvalue weighted by Gasteiger charge is -2.34. The van der Waals surface area contributed by atoms with Gasteiger partial charge in [-0.1, -0.05) is 34.6 Å². The minimum atomic E-state index is 0.351. The molecule has 0 spiro atoms. The first kappa shape index (κ1) is 15.9. The van der Waals surface area contributed by atoms with Crippen molar-refractivity contribution in [3.05, 3.63) is 0 Å². The van der Waals surface area contributed by atoms with Crippen LogP contribution in [0.4, 0.5) is 0 Å². The van der Waals surface area contributed by atoms with E-state index in [0.29, 0.717) is 17.5 Å². The lowest BCUT2D eigenvalue weighted by Crippen LogP contribution is -2.42. The molecule has 0 aliphatic heterocycles. The van der Waals surface area contributed by atoms with Gasteiger partial charge in [0, 0.05) is 12.1 Å². The van der Waals surface area contributed by atoms with Crippen LogP contribution in [0.3, 0.4) is 0 Å². The fourth-order valence-electron chi connectivity index (χ4n) is 2.25. The molecule has 0 fully saturated rings. The SMILES string of the molecule is CCC(C)N(CC)CCC(NC)C(C)(C)C. The summed E-state index contributed by atoms with van der Waals surface area (Å²) in [7, 11) is 2.08. The molecule has 0 saturated carbocycles. The second kappa shape index (κ2) is 7.29. The monoisotopic (exact) mass is 228 g/mol. The molecule has 1 N–H and O–H groups in total. The van der Waals surface area contributed by atoms with E-state index >= 15 is 0 Å². The predicted molar refractivity (Wildman–Crippen MR) is 73.9 cm³/mol. The van der Waals surface area contributed by atoms with Crippen LogP contribution in [0, 0.1) is 5.41 Å². The van der Waals surface area contributed by atoms with Crippen LogP contribution in [0.15, 0.2) is 0 Å². The van der Waals surface area contributed by atoms with Gasteiger partial charge in [-0.3, -0.25) is 0 Å². The average Bonchev–Trinajstić information content (AvgIpc) is 2.21. The third-order valence-electron chi connectivity index (χ3n) is 3.72.